The van der Waals surface area contributed by atoms with Gasteiger partial charge in [0.15, 0.2) is 0 Å². The van der Waals surface area contributed by atoms with Crippen molar-refractivity contribution in [2.45, 2.75) is 124 Å². The van der Waals surface area contributed by atoms with Crippen molar-refractivity contribution in [3.05, 3.63) is 0 Å². The third-order valence-electron chi connectivity index (χ3n) is 5.01. The SMILES string of the molecule is CC(=O)O.CC(=O)O.CCCCCCCCCCCCCCCCCCNCCNCCN. The maximum atomic E-state index is 9.00. The lowest BCUT2D eigenvalue weighted by Gasteiger charge is -2.06. The van der Waals surface area contributed by atoms with Gasteiger partial charge in [-0.3, -0.25) is 9.59 Å². The molecule has 0 fully saturated rings. The molecule has 0 bridgehead atoms. The molecule has 0 aliphatic heterocycles. The van der Waals surface area contributed by atoms with Crippen LogP contribution in [-0.2, 0) is 9.59 Å². The second-order valence-electron chi connectivity index (χ2n) is 8.63. The quantitative estimate of drug-likeness (QED) is 0.130. The minimum atomic E-state index is -0.833. The summed E-state index contributed by atoms with van der Waals surface area (Å²) in [6.45, 7) is 9.40. The first kappa shape index (κ1) is 36.4. The van der Waals surface area contributed by atoms with Crippen LogP contribution in [0.4, 0.5) is 0 Å². The molecule has 6 N–H and O–H groups in total. The molecule has 0 rings (SSSR count). The van der Waals surface area contributed by atoms with Gasteiger partial charge in [-0.1, -0.05) is 103 Å². The summed E-state index contributed by atoms with van der Waals surface area (Å²) < 4.78 is 0. The average Bonchev–Trinajstić information content (AvgIpc) is 2.74. The van der Waals surface area contributed by atoms with Crippen LogP contribution in [0.1, 0.15) is 124 Å². The predicted octanol–water partition coefficient (Wildman–Crippen LogP) is 5.57. The molecule has 0 aromatic carbocycles. The van der Waals surface area contributed by atoms with Gasteiger partial charge in [-0.05, 0) is 13.0 Å². The van der Waals surface area contributed by atoms with E-state index in [0.717, 1.165) is 40.0 Å². The number of nitrogens with two attached hydrogens (primary N) is 1. The van der Waals surface area contributed by atoms with Gasteiger partial charge in [0.25, 0.3) is 11.9 Å². The van der Waals surface area contributed by atoms with Crippen molar-refractivity contribution < 1.29 is 19.8 Å². The number of hydrogen-bond acceptors (Lipinski definition) is 5. The Labute approximate surface area is 204 Å². The van der Waals surface area contributed by atoms with Gasteiger partial charge in [0, 0.05) is 40.0 Å². The zero-order valence-electron chi connectivity index (χ0n) is 22.1. The second kappa shape index (κ2) is 35.4. The van der Waals surface area contributed by atoms with Gasteiger partial charge in [0.2, 0.25) is 0 Å². The van der Waals surface area contributed by atoms with Crippen LogP contribution in [-0.4, -0.2) is 54.9 Å². The van der Waals surface area contributed by atoms with E-state index in [-0.39, 0.29) is 0 Å². The lowest BCUT2D eigenvalue weighted by atomic mass is 10.0. The Balaban J connectivity index is -0.000000962. The molecule has 33 heavy (non-hydrogen) atoms. The number of nitrogens with one attached hydrogen (secondary N) is 2. The summed E-state index contributed by atoms with van der Waals surface area (Å²) in [5.74, 6) is -1.67. The van der Waals surface area contributed by atoms with Crippen molar-refractivity contribution in [3.8, 4) is 0 Å². The number of carboxylic acids is 2. The predicted molar refractivity (Wildman–Crippen MR) is 141 cm³/mol. The highest BCUT2D eigenvalue weighted by Crippen LogP contribution is 2.13. The highest BCUT2D eigenvalue weighted by molar-refractivity contribution is 5.63. The Morgan fingerprint density at radius 3 is 1.12 bits per heavy atom. The van der Waals surface area contributed by atoms with Crippen molar-refractivity contribution in [1.29, 1.82) is 0 Å². The molecule has 0 aliphatic rings. The molecule has 0 spiro atoms. The smallest absolute Gasteiger partial charge is 0.300 e. The molecule has 7 heteroatoms. The molecule has 200 valence electrons. The van der Waals surface area contributed by atoms with Gasteiger partial charge in [-0.25, -0.2) is 0 Å². The molecule has 0 atom stereocenters. The Morgan fingerprint density at radius 1 is 0.545 bits per heavy atom. The molecule has 0 aromatic heterocycles. The summed E-state index contributed by atoms with van der Waals surface area (Å²) in [5, 5.41) is 21.6. The third-order valence-corrected chi connectivity index (χ3v) is 5.01. The number of aliphatic carboxylic acids is 2. The van der Waals surface area contributed by atoms with Crippen molar-refractivity contribution in [1.82, 2.24) is 10.6 Å². The summed E-state index contributed by atoms with van der Waals surface area (Å²) >= 11 is 0. The Morgan fingerprint density at radius 2 is 0.818 bits per heavy atom. The minimum absolute atomic E-state index is 0.735. The molecule has 0 unspecified atom stereocenters. The van der Waals surface area contributed by atoms with E-state index in [9.17, 15) is 0 Å². The summed E-state index contributed by atoms with van der Waals surface area (Å²) in [4.78, 5) is 18.0. The van der Waals surface area contributed by atoms with Gasteiger partial charge in [-0.2, -0.15) is 0 Å². The first-order valence-electron chi connectivity index (χ1n) is 13.4. The topological polar surface area (TPSA) is 125 Å². The Bertz CT molecular complexity index is 341. The number of carbonyl (C=O) groups is 2. The molecule has 0 heterocycles. The lowest BCUT2D eigenvalue weighted by Crippen LogP contribution is -2.31. The monoisotopic (exact) mass is 475 g/mol. The fraction of sp³-hybridized carbons (Fsp3) is 0.923. The van der Waals surface area contributed by atoms with Crippen LogP contribution in [0.2, 0.25) is 0 Å². The number of carboxylic acid groups (broad SMARTS) is 2. The first-order chi connectivity index (χ1) is 15.9. The third kappa shape index (κ3) is 59.1. The molecule has 0 saturated heterocycles. The van der Waals surface area contributed by atoms with Crippen molar-refractivity contribution >= 4 is 11.9 Å². The van der Waals surface area contributed by atoms with E-state index in [0.29, 0.717) is 0 Å². The van der Waals surface area contributed by atoms with E-state index in [1.807, 2.05) is 0 Å². The van der Waals surface area contributed by atoms with Gasteiger partial charge in [0.1, 0.15) is 0 Å². The zero-order chi connectivity index (χ0) is 25.4. The van der Waals surface area contributed by atoms with Crippen molar-refractivity contribution in [2.24, 2.45) is 5.73 Å². The van der Waals surface area contributed by atoms with Crippen LogP contribution >= 0.6 is 0 Å². The van der Waals surface area contributed by atoms with Gasteiger partial charge < -0.3 is 26.6 Å². The van der Waals surface area contributed by atoms with E-state index < -0.39 is 11.9 Å². The van der Waals surface area contributed by atoms with Gasteiger partial charge in [-0.15, -0.1) is 0 Å². The number of hydrogen-bond donors (Lipinski definition) is 5. The van der Waals surface area contributed by atoms with Crippen molar-refractivity contribution in [3.63, 3.8) is 0 Å². The summed E-state index contributed by atoms with van der Waals surface area (Å²) in [5.41, 5.74) is 5.43. The summed E-state index contributed by atoms with van der Waals surface area (Å²) in [6.07, 6.45) is 23.0. The Kier molecular flexibility index (Phi) is 39.0. The summed E-state index contributed by atoms with van der Waals surface area (Å²) in [7, 11) is 0. The molecule has 0 aromatic rings. The van der Waals surface area contributed by atoms with E-state index in [2.05, 4.69) is 17.6 Å². The lowest BCUT2D eigenvalue weighted by molar-refractivity contribution is -0.135. The van der Waals surface area contributed by atoms with E-state index in [1.54, 1.807) is 0 Å². The summed E-state index contributed by atoms with van der Waals surface area (Å²) in [6, 6.07) is 0. The molecular formula is C26H57N3O4. The normalized spacial score (nSPS) is 10.1. The highest BCUT2D eigenvalue weighted by Gasteiger charge is 1.95. The van der Waals surface area contributed by atoms with Crippen molar-refractivity contribution in [2.75, 3.05) is 32.7 Å². The Hall–Kier alpha value is -1.18. The fourth-order valence-electron chi connectivity index (χ4n) is 3.33. The number of unbranched alkanes of at least 4 members (excludes halogenated alkanes) is 15. The maximum absolute atomic E-state index is 9.00. The van der Waals surface area contributed by atoms with Crippen LogP contribution in [0.25, 0.3) is 0 Å². The molecule has 0 amide bonds. The molecular weight excluding hydrogens is 418 g/mol. The maximum Gasteiger partial charge on any atom is 0.300 e. The number of rotatable bonds is 22. The average molecular weight is 476 g/mol. The molecule has 7 nitrogen and oxygen atoms in total. The van der Waals surface area contributed by atoms with Gasteiger partial charge in [0.05, 0.1) is 0 Å². The van der Waals surface area contributed by atoms with E-state index >= 15 is 0 Å². The van der Waals surface area contributed by atoms with Crippen LogP contribution in [0.15, 0.2) is 0 Å². The largest absolute Gasteiger partial charge is 0.481 e. The van der Waals surface area contributed by atoms with Crippen LogP contribution in [0.5, 0.6) is 0 Å². The first-order valence-corrected chi connectivity index (χ1v) is 13.4. The minimum Gasteiger partial charge on any atom is -0.481 e. The molecule has 0 saturated carbocycles. The zero-order valence-corrected chi connectivity index (χ0v) is 22.1. The van der Waals surface area contributed by atoms with E-state index in [1.165, 1.54) is 109 Å². The molecule has 0 radical (unpaired) electrons. The van der Waals surface area contributed by atoms with Crippen LogP contribution < -0.4 is 16.4 Å². The highest BCUT2D eigenvalue weighted by atomic mass is 16.4. The second-order valence-corrected chi connectivity index (χ2v) is 8.63. The van der Waals surface area contributed by atoms with E-state index in [4.69, 9.17) is 25.5 Å². The molecule has 0 aliphatic carbocycles. The van der Waals surface area contributed by atoms with Gasteiger partial charge >= 0.3 is 0 Å². The van der Waals surface area contributed by atoms with Crippen LogP contribution in [0, 0.1) is 0 Å². The van der Waals surface area contributed by atoms with Crippen LogP contribution in [0.3, 0.4) is 0 Å². The fourth-order valence-corrected chi connectivity index (χ4v) is 3.33. The standard InChI is InChI=1S/C22H49N3.2C2H4O2/c1-2-3-4-5-6-7-8-9-10-11-12-13-14-15-16-17-19-24-21-22-25-20-18-23;2*1-2(3)4/h24-25H,2-23H2,1H3;2*1H3,(H,3,4).